The van der Waals surface area contributed by atoms with Crippen molar-refractivity contribution in [2.45, 2.75) is 0 Å². The normalized spacial score (nSPS) is 9.94. The number of hydrogen-bond acceptors (Lipinski definition) is 4. The second kappa shape index (κ2) is 4.70. The summed E-state index contributed by atoms with van der Waals surface area (Å²) < 4.78 is 0. The van der Waals surface area contributed by atoms with Crippen molar-refractivity contribution in [1.82, 2.24) is 0 Å². The number of carbonyl (C=O) groups is 1. The molecule has 0 radical (unpaired) electrons. The van der Waals surface area contributed by atoms with Crippen LogP contribution < -0.4 is 5.73 Å². The molecule has 16 heavy (non-hydrogen) atoms. The van der Waals surface area contributed by atoms with Gasteiger partial charge in [0.25, 0.3) is 5.69 Å². The third-order valence-corrected chi connectivity index (χ3v) is 1.79. The molecule has 0 heterocycles. The molecule has 6 heteroatoms. The molecule has 1 rings (SSSR count). The molecular weight excluding hydrogens is 210 g/mol. The van der Waals surface area contributed by atoms with Crippen LogP contribution in [-0.4, -0.2) is 10.8 Å². The number of nitriles is 1. The molecule has 0 aromatic heterocycles. The van der Waals surface area contributed by atoms with Crippen LogP contribution in [0.4, 0.5) is 5.69 Å². The van der Waals surface area contributed by atoms with Crippen LogP contribution in [0.15, 0.2) is 24.3 Å². The molecule has 0 saturated carbocycles. The lowest BCUT2D eigenvalue weighted by Gasteiger charge is -1.98. The van der Waals surface area contributed by atoms with Gasteiger partial charge in [-0.25, -0.2) is 0 Å². The molecule has 0 bridgehead atoms. The number of rotatable bonds is 3. The van der Waals surface area contributed by atoms with Gasteiger partial charge in [0.05, 0.1) is 11.0 Å². The molecule has 2 N–H and O–H groups in total. The largest absolute Gasteiger partial charge is 0.366 e. The number of nitro benzene ring substituents is 1. The highest BCUT2D eigenvalue weighted by molar-refractivity contribution is 5.94. The summed E-state index contributed by atoms with van der Waals surface area (Å²) >= 11 is 0. The topological polar surface area (TPSA) is 110 Å². The van der Waals surface area contributed by atoms with Crippen LogP contribution in [0, 0.1) is 21.4 Å². The second-order valence-corrected chi connectivity index (χ2v) is 2.90. The maximum atomic E-state index is 10.9. The van der Waals surface area contributed by atoms with E-state index in [1.54, 1.807) is 6.07 Å². The van der Waals surface area contributed by atoms with Crippen LogP contribution in [0.2, 0.25) is 0 Å². The van der Waals surface area contributed by atoms with E-state index < -0.39 is 10.8 Å². The lowest BCUT2D eigenvalue weighted by molar-refractivity contribution is -0.384. The number of carbonyl (C=O) groups excluding carboxylic acids is 1. The molecular formula is C10H7N3O3. The Morgan fingerprint density at radius 3 is 2.69 bits per heavy atom. The number of benzene rings is 1. The standard InChI is InChI=1S/C10H7N3O3/c11-3-1-2-7-4-8(10(12)14)6-9(5-7)13(15)16/h1-2,4-6H,(H2,12,14). The van der Waals surface area contributed by atoms with Crippen molar-refractivity contribution < 1.29 is 9.72 Å². The summed E-state index contributed by atoms with van der Waals surface area (Å²) in [6.45, 7) is 0. The summed E-state index contributed by atoms with van der Waals surface area (Å²) in [5.74, 6) is -0.754. The maximum absolute atomic E-state index is 10.9. The molecule has 80 valence electrons. The smallest absolute Gasteiger partial charge is 0.270 e. The minimum absolute atomic E-state index is 0.0341. The molecule has 0 spiro atoms. The number of hydrogen-bond donors (Lipinski definition) is 1. The van der Waals surface area contributed by atoms with Crippen molar-refractivity contribution in [1.29, 1.82) is 5.26 Å². The molecule has 6 nitrogen and oxygen atoms in total. The molecule has 0 aliphatic carbocycles. The quantitative estimate of drug-likeness (QED) is 0.466. The first-order chi connectivity index (χ1) is 7.54. The number of non-ortho nitro benzene ring substituents is 1. The number of nitro groups is 1. The van der Waals surface area contributed by atoms with Crippen LogP contribution in [0.5, 0.6) is 0 Å². The van der Waals surface area contributed by atoms with Gasteiger partial charge in [0, 0.05) is 23.8 Å². The SMILES string of the molecule is N#CC=Cc1cc(C(N)=O)cc([N+](=O)[O-])c1. The Labute approximate surface area is 90.7 Å². The van der Waals surface area contributed by atoms with Gasteiger partial charge in [-0.05, 0) is 17.7 Å². The number of nitrogens with two attached hydrogens (primary N) is 1. The number of amides is 1. The highest BCUT2D eigenvalue weighted by atomic mass is 16.6. The minimum atomic E-state index is -0.754. The highest BCUT2D eigenvalue weighted by Gasteiger charge is 2.11. The average Bonchev–Trinajstić information content (AvgIpc) is 2.25. The lowest BCUT2D eigenvalue weighted by Crippen LogP contribution is -2.11. The van der Waals surface area contributed by atoms with E-state index in [0.717, 1.165) is 12.1 Å². The van der Waals surface area contributed by atoms with E-state index in [2.05, 4.69) is 0 Å². The second-order valence-electron chi connectivity index (χ2n) is 2.90. The Morgan fingerprint density at radius 1 is 1.50 bits per heavy atom. The molecule has 1 amide bonds. The van der Waals surface area contributed by atoms with Gasteiger partial charge < -0.3 is 5.73 Å². The number of primary amides is 1. The fourth-order valence-electron chi connectivity index (χ4n) is 1.11. The molecule has 1 aromatic rings. The first kappa shape index (κ1) is 11.4. The summed E-state index contributed by atoms with van der Waals surface area (Å²) in [4.78, 5) is 20.8. The van der Waals surface area contributed by atoms with Crippen LogP contribution >= 0.6 is 0 Å². The van der Waals surface area contributed by atoms with Gasteiger partial charge in [-0.1, -0.05) is 0 Å². The van der Waals surface area contributed by atoms with Crippen LogP contribution in [0.25, 0.3) is 6.08 Å². The van der Waals surface area contributed by atoms with Crippen LogP contribution in [0.3, 0.4) is 0 Å². The van der Waals surface area contributed by atoms with Gasteiger partial charge in [0.15, 0.2) is 0 Å². The lowest BCUT2D eigenvalue weighted by atomic mass is 10.1. The molecule has 0 unspecified atom stereocenters. The van der Waals surface area contributed by atoms with E-state index in [1.165, 1.54) is 18.2 Å². The summed E-state index contributed by atoms with van der Waals surface area (Å²) in [5.41, 5.74) is 5.20. The van der Waals surface area contributed by atoms with Crippen LogP contribution in [-0.2, 0) is 0 Å². The van der Waals surface area contributed by atoms with Crippen molar-refractivity contribution in [3.8, 4) is 6.07 Å². The maximum Gasteiger partial charge on any atom is 0.270 e. The van der Waals surface area contributed by atoms with E-state index in [9.17, 15) is 14.9 Å². The molecule has 0 atom stereocenters. The average molecular weight is 217 g/mol. The Morgan fingerprint density at radius 2 is 2.19 bits per heavy atom. The van der Waals surface area contributed by atoms with Crippen molar-refractivity contribution >= 4 is 17.7 Å². The fourth-order valence-corrected chi connectivity index (χ4v) is 1.11. The van der Waals surface area contributed by atoms with Crippen molar-refractivity contribution in [2.75, 3.05) is 0 Å². The summed E-state index contributed by atoms with van der Waals surface area (Å²) in [5, 5.41) is 18.9. The van der Waals surface area contributed by atoms with Crippen molar-refractivity contribution in [3.63, 3.8) is 0 Å². The van der Waals surface area contributed by atoms with Gasteiger partial charge >= 0.3 is 0 Å². The van der Waals surface area contributed by atoms with Gasteiger partial charge in [-0.3, -0.25) is 14.9 Å². The number of allylic oxidation sites excluding steroid dienone is 1. The zero-order chi connectivity index (χ0) is 12.1. The molecule has 0 fully saturated rings. The molecule has 0 saturated heterocycles. The van der Waals surface area contributed by atoms with E-state index in [-0.39, 0.29) is 11.3 Å². The van der Waals surface area contributed by atoms with Gasteiger partial charge in [0.2, 0.25) is 5.91 Å². The zero-order valence-corrected chi connectivity index (χ0v) is 8.08. The Balaban J connectivity index is 3.30. The van der Waals surface area contributed by atoms with E-state index in [4.69, 9.17) is 11.0 Å². The molecule has 0 aliphatic rings. The van der Waals surface area contributed by atoms with Gasteiger partial charge in [-0.15, -0.1) is 0 Å². The first-order valence-electron chi connectivity index (χ1n) is 4.20. The van der Waals surface area contributed by atoms with Crippen molar-refractivity contribution in [3.05, 3.63) is 45.5 Å². The van der Waals surface area contributed by atoms with Crippen molar-refractivity contribution in [2.24, 2.45) is 5.73 Å². The Kier molecular flexibility index (Phi) is 3.35. The van der Waals surface area contributed by atoms with E-state index >= 15 is 0 Å². The predicted octanol–water partition coefficient (Wildman–Crippen LogP) is 1.23. The fraction of sp³-hybridized carbons (Fsp3) is 0. The third kappa shape index (κ3) is 2.65. The zero-order valence-electron chi connectivity index (χ0n) is 8.08. The molecule has 0 aliphatic heterocycles. The monoisotopic (exact) mass is 217 g/mol. The Bertz CT molecular complexity index is 482. The molecule has 1 aromatic carbocycles. The Hall–Kier alpha value is -2.68. The first-order valence-corrected chi connectivity index (χ1v) is 4.20. The summed E-state index contributed by atoms with van der Waals surface area (Å²) in [7, 11) is 0. The van der Waals surface area contributed by atoms with E-state index in [1.807, 2.05) is 0 Å². The highest BCUT2D eigenvalue weighted by Crippen LogP contribution is 2.18. The van der Waals surface area contributed by atoms with Gasteiger partial charge in [-0.2, -0.15) is 5.26 Å². The summed E-state index contributed by atoms with van der Waals surface area (Å²) in [6, 6.07) is 5.46. The number of nitrogens with zero attached hydrogens (tertiary/aromatic N) is 2. The van der Waals surface area contributed by atoms with Gasteiger partial charge in [0.1, 0.15) is 0 Å². The van der Waals surface area contributed by atoms with E-state index in [0.29, 0.717) is 5.56 Å². The minimum Gasteiger partial charge on any atom is -0.366 e. The predicted molar refractivity (Wildman–Crippen MR) is 56.3 cm³/mol. The third-order valence-electron chi connectivity index (χ3n) is 1.79. The summed E-state index contributed by atoms with van der Waals surface area (Å²) in [6.07, 6.45) is 2.52. The van der Waals surface area contributed by atoms with Crippen LogP contribution in [0.1, 0.15) is 15.9 Å².